The molecular weight excluding hydrogens is 356 g/mol. The highest BCUT2D eigenvalue weighted by Crippen LogP contribution is 2.34. The highest BCUT2D eigenvalue weighted by Gasteiger charge is 2.29. The van der Waals surface area contributed by atoms with Gasteiger partial charge in [0.2, 0.25) is 0 Å². The first-order valence-corrected chi connectivity index (χ1v) is 9.11. The molecule has 0 saturated heterocycles. The van der Waals surface area contributed by atoms with E-state index in [4.69, 9.17) is 16.5 Å². The van der Waals surface area contributed by atoms with Crippen LogP contribution in [0.1, 0.15) is 35.9 Å². The first-order chi connectivity index (χ1) is 13.4. The van der Waals surface area contributed by atoms with Crippen molar-refractivity contribution in [2.45, 2.75) is 25.8 Å². The molecule has 0 radical (unpaired) electrons. The molecule has 1 fully saturated rings. The Morgan fingerprint density at radius 3 is 2.64 bits per heavy atom. The van der Waals surface area contributed by atoms with Gasteiger partial charge in [-0.15, -0.1) is 0 Å². The Hall–Kier alpha value is -3.42. The van der Waals surface area contributed by atoms with E-state index in [1.165, 1.54) is 6.20 Å². The van der Waals surface area contributed by atoms with E-state index in [1.54, 1.807) is 25.5 Å². The summed E-state index contributed by atoms with van der Waals surface area (Å²) in [4.78, 5) is 35.5. The van der Waals surface area contributed by atoms with E-state index in [1.807, 2.05) is 19.1 Å². The number of carbonyl (C=O) groups is 2. The number of aromatic nitrogens is 2. The van der Waals surface area contributed by atoms with Crippen LogP contribution in [0.4, 0.5) is 0 Å². The first kappa shape index (κ1) is 19.3. The van der Waals surface area contributed by atoms with Crippen molar-refractivity contribution in [2.75, 3.05) is 7.05 Å². The van der Waals surface area contributed by atoms with Crippen LogP contribution in [0.25, 0.3) is 11.1 Å². The van der Waals surface area contributed by atoms with Gasteiger partial charge < -0.3 is 21.8 Å². The highest BCUT2D eigenvalue weighted by molar-refractivity contribution is 6.27. The maximum atomic E-state index is 11.9. The lowest BCUT2D eigenvalue weighted by Gasteiger charge is -2.10. The quantitative estimate of drug-likeness (QED) is 0.425. The molecule has 2 aromatic rings. The smallest absolute Gasteiger partial charge is 0.269 e. The number of amides is 2. The molecule has 0 aromatic carbocycles. The van der Waals surface area contributed by atoms with Crippen LogP contribution in [0, 0.1) is 5.92 Å². The fraction of sp³-hybridized carbons (Fsp3) is 0.300. The molecule has 0 bridgehead atoms. The van der Waals surface area contributed by atoms with E-state index in [9.17, 15) is 9.59 Å². The van der Waals surface area contributed by atoms with Gasteiger partial charge in [-0.05, 0) is 37.8 Å². The lowest BCUT2D eigenvalue weighted by Crippen LogP contribution is -2.24. The van der Waals surface area contributed by atoms with E-state index in [0.717, 1.165) is 24.0 Å². The predicted molar refractivity (Wildman–Crippen MR) is 108 cm³/mol. The van der Waals surface area contributed by atoms with Gasteiger partial charge in [-0.25, -0.2) is 0 Å². The summed E-state index contributed by atoms with van der Waals surface area (Å²) in [5.41, 5.74) is 14.4. The van der Waals surface area contributed by atoms with Gasteiger partial charge in [0.15, 0.2) is 0 Å². The Balaban J connectivity index is 1.94. The van der Waals surface area contributed by atoms with Crippen LogP contribution in [-0.4, -0.2) is 40.6 Å². The van der Waals surface area contributed by atoms with Crippen LogP contribution in [-0.2, 0) is 4.79 Å². The second kappa shape index (κ2) is 8.08. The number of aromatic amines is 1. The Morgan fingerprint density at radius 1 is 1.36 bits per heavy atom. The minimum Gasteiger partial charge on any atom is -0.404 e. The Labute approximate surface area is 163 Å². The number of rotatable bonds is 7. The molecule has 8 heteroatoms. The zero-order valence-electron chi connectivity index (χ0n) is 15.9. The molecule has 8 nitrogen and oxygen atoms in total. The molecule has 0 spiro atoms. The number of primary amides is 1. The predicted octanol–water partition coefficient (Wildman–Crippen LogP) is 1.35. The van der Waals surface area contributed by atoms with Crippen LogP contribution in [0.2, 0.25) is 0 Å². The van der Waals surface area contributed by atoms with Crippen molar-refractivity contribution >= 4 is 17.5 Å². The number of nitrogens with two attached hydrogens (primary N) is 2. The molecule has 2 heterocycles. The molecule has 2 aromatic heterocycles. The van der Waals surface area contributed by atoms with Crippen LogP contribution in [0.3, 0.4) is 0 Å². The third kappa shape index (κ3) is 4.11. The molecule has 3 rings (SSSR count). The van der Waals surface area contributed by atoms with Crippen molar-refractivity contribution in [3.05, 3.63) is 53.8 Å². The molecule has 1 saturated carbocycles. The summed E-state index contributed by atoms with van der Waals surface area (Å²) in [6.45, 7) is 2.03. The number of nitrogens with one attached hydrogen (secondary N) is 2. The molecule has 1 aliphatic carbocycles. The maximum absolute atomic E-state index is 11.9. The zero-order valence-corrected chi connectivity index (χ0v) is 15.9. The minimum atomic E-state index is -0.628. The third-order valence-electron chi connectivity index (χ3n) is 4.82. The highest BCUT2D eigenvalue weighted by atomic mass is 16.2. The first-order valence-electron chi connectivity index (χ1n) is 9.11. The third-order valence-corrected chi connectivity index (χ3v) is 4.82. The molecule has 0 aliphatic heterocycles. The summed E-state index contributed by atoms with van der Waals surface area (Å²) in [5, 5.41) is 2.54. The van der Waals surface area contributed by atoms with Crippen molar-refractivity contribution in [3.8, 4) is 11.1 Å². The molecule has 146 valence electrons. The molecular formula is C20H24N6O2. The Morgan fingerprint density at radius 2 is 2.11 bits per heavy atom. The molecule has 0 unspecified atom stereocenters. The van der Waals surface area contributed by atoms with Gasteiger partial charge in [-0.3, -0.25) is 19.6 Å². The standard InChI is InChI=1S/C20H24N6O2/c1-11(12-3-4-12)26-18(15(8-21)19(22)27)17-7-14(10-25-17)13-5-6-16(24-9-13)20(28)23-2/h5-12,25H,3-4,21H2,1-2H3,(H2,22,27)(H,23,28)/t11-/m1/s1. The summed E-state index contributed by atoms with van der Waals surface area (Å²) in [7, 11) is 1.56. The largest absolute Gasteiger partial charge is 0.404 e. The van der Waals surface area contributed by atoms with Crippen molar-refractivity contribution in [3.63, 3.8) is 0 Å². The van der Waals surface area contributed by atoms with Gasteiger partial charge in [-0.2, -0.15) is 0 Å². The number of carbonyl (C=O) groups excluding carboxylic acids is 2. The topological polar surface area (TPSA) is 139 Å². The lowest BCUT2D eigenvalue weighted by atomic mass is 10.1. The van der Waals surface area contributed by atoms with Gasteiger partial charge in [0.05, 0.1) is 23.0 Å². The molecule has 2 amide bonds. The summed E-state index contributed by atoms with van der Waals surface area (Å²) in [5.74, 6) is -0.348. The normalized spacial score (nSPS) is 15.9. The van der Waals surface area contributed by atoms with Crippen LogP contribution in [0.15, 0.2) is 47.4 Å². The van der Waals surface area contributed by atoms with Crippen molar-refractivity contribution < 1.29 is 9.59 Å². The van der Waals surface area contributed by atoms with E-state index < -0.39 is 5.91 Å². The van der Waals surface area contributed by atoms with Gasteiger partial charge in [0.1, 0.15) is 5.69 Å². The number of aliphatic imine (C=N–C) groups is 1. The number of hydrogen-bond acceptors (Lipinski definition) is 5. The van der Waals surface area contributed by atoms with Crippen LogP contribution >= 0.6 is 0 Å². The second-order valence-corrected chi connectivity index (χ2v) is 6.81. The zero-order chi connectivity index (χ0) is 20.3. The van der Waals surface area contributed by atoms with Crippen molar-refractivity contribution in [1.82, 2.24) is 15.3 Å². The van der Waals surface area contributed by atoms with E-state index in [0.29, 0.717) is 23.0 Å². The minimum absolute atomic E-state index is 0.0737. The van der Waals surface area contributed by atoms with Crippen molar-refractivity contribution in [1.29, 1.82) is 0 Å². The average Bonchev–Trinajstić information content (AvgIpc) is 3.44. The number of H-pyrrole nitrogens is 1. The Kier molecular flexibility index (Phi) is 5.58. The van der Waals surface area contributed by atoms with Crippen LogP contribution < -0.4 is 16.8 Å². The number of nitrogens with zero attached hydrogens (tertiary/aromatic N) is 2. The Bertz CT molecular complexity index is 938. The second-order valence-electron chi connectivity index (χ2n) is 6.81. The lowest BCUT2D eigenvalue weighted by molar-refractivity contribution is -0.114. The van der Waals surface area contributed by atoms with E-state index in [2.05, 4.69) is 15.3 Å². The fourth-order valence-electron chi connectivity index (χ4n) is 2.97. The maximum Gasteiger partial charge on any atom is 0.269 e. The summed E-state index contributed by atoms with van der Waals surface area (Å²) in [6.07, 6.45) is 6.87. The van der Waals surface area contributed by atoms with Gasteiger partial charge in [0, 0.05) is 36.8 Å². The van der Waals surface area contributed by atoms with Gasteiger partial charge in [0.25, 0.3) is 11.8 Å². The molecule has 1 aliphatic rings. The molecule has 1 atom stereocenters. The SMILES string of the molecule is CNC(=O)c1ccc(-c2c[nH]c(C(=N[C@H](C)C3CC3)C(=CN)C(N)=O)c2)cn1. The van der Waals surface area contributed by atoms with E-state index >= 15 is 0 Å². The van der Waals surface area contributed by atoms with Crippen molar-refractivity contribution in [2.24, 2.45) is 22.4 Å². The number of pyridine rings is 1. The summed E-state index contributed by atoms with van der Waals surface area (Å²) >= 11 is 0. The van der Waals surface area contributed by atoms with Crippen LogP contribution in [0.5, 0.6) is 0 Å². The van der Waals surface area contributed by atoms with Gasteiger partial charge >= 0.3 is 0 Å². The summed E-state index contributed by atoms with van der Waals surface area (Å²) < 4.78 is 0. The van der Waals surface area contributed by atoms with E-state index in [-0.39, 0.29) is 17.5 Å². The molecule has 28 heavy (non-hydrogen) atoms. The monoisotopic (exact) mass is 380 g/mol. The average molecular weight is 380 g/mol. The van der Waals surface area contributed by atoms with Gasteiger partial charge in [-0.1, -0.05) is 6.07 Å². The molecule has 6 N–H and O–H groups in total. The number of hydrogen-bond donors (Lipinski definition) is 4. The summed E-state index contributed by atoms with van der Waals surface area (Å²) in [6, 6.07) is 5.40. The fourth-order valence-corrected chi connectivity index (χ4v) is 2.97.